The van der Waals surface area contributed by atoms with E-state index >= 15 is 0 Å². The van der Waals surface area contributed by atoms with Crippen LogP contribution in [0.4, 0.5) is 10.1 Å². The molecule has 0 spiro atoms. The molecule has 124 valence electrons. The van der Waals surface area contributed by atoms with E-state index in [-0.39, 0.29) is 11.5 Å². The summed E-state index contributed by atoms with van der Waals surface area (Å²) in [5.41, 5.74) is 1.13. The van der Waals surface area contributed by atoms with Crippen LogP contribution >= 0.6 is 0 Å². The smallest absolute Gasteiger partial charge is 0.255 e. The molecule has 4 nitrogen and oxygen atoms in total. The van der Waals surface area contributed by atoms with E-state index in [1.807, 2.05) is 4.90 Å². The summed E-state index contributed by atoms with van der Waals surface area (Å²) in [4.78, 5) is 26.8. The second-order valence-corrected chi connectivity index (χ2v) is 5.86. The Morgan fingerprint density at radius 2 is 1.71 bits per heavy atom. The van der Waals surface area contributed by atoms with E-state index < -0.39 is 11.7 Å². The number of rotatable bonds is 3. The summed E-state index contributed by atoms with van der Waals surface area (Å²) in [6.45, 7) is 1.48. The van der Waals surface area contributed by atoms with E-state index in [9.17, 15) is 14.0 Å². The topological polar surface area (TPSA) is 49.4 Å². The summed E-state index contributed by atoms with van der Waals surface area (Å²) >= 11 is 0. The van der Waals surface area contributed by atoms with Crippen LogP contribution in [0, 0.1) is 5.82 Å². The third-order valence-electron chi connectivity index (χ3n) is 4.14. The van der Waals surface area contributed by atoms with Gasteiger partial charge in [-0.05, 0) is 49.6 Å². The zero-order valence-electron chi connectivity index (χ0n) is 13.3. The number of piperidine rings is 1. The minimum absolute atomic E-state index is 0.0788. The van der Waals surface area contributed by atoms with Crippen molar-refractivity contribution in [3.05, 3.63) is 65.5 Å². The predicted molar refractivity (Wildman–Crippen MR) is 90.5 cm³/mol. The number of benzene rings is 2. The highest BCUT2D eigenvalue weighted by Gasteiger charge is 2.21. The zero-order valence-corrected chi connectivity index (χ0v) is 13.3. The highest BCUT2D eigenvalue weighted by Crippen LogP contribution is 2.21. The molecule has 24 heavy (non-hydrogen) atoms. The molecule has 1 aliphatic heterocycles. The van der Waals surface area contributed by atoms with Gasteiger partial charge in [0.1, 0.15) is 5.82 Å². The van der Waals surface area contributed by atoms with Crippen molar-refractivity contribution < 1.29 is 14.0 Å². The minimum atomic E-state index is -0.472. The molecule has 0 unspecified atom stereocenters. The van der Waals surface area contributed by atoms with Crippen molar-refractivity contribution in [1.29, 1.82) is 0 Å². The van der Waals surface area contributed by atoms with E-state index in [4.69, 9.17) is 0 Å². The van der Waals surface area contributed by atoms with Crippen molar-refractivity contribution in [2.24, 2.45) is 0 Å². The molecule has 1 aliphatic rings. The lowest BCUT2D eigenvalue weighted by Crippen LogP contribution is -2.36. The molecule has 2 aromatic rings. The highest BCUT2D eigenvalue weighted by molar-refractivity contribution is 6.09. The Kier molecular flexibility index (Phi) is 4.89. The molecule has 1 fully saturated rings. The van der Waals surface area contributed by atoms with Gasteiger partial charge in [-0.1, -0.05) is 18.2 Å². The van der Waals surface area contributed by atoms with Crippen LogP contribution in [0.5, 0.6) is 0 Å². The van der Waals surface area contributed by atoms with Gasteiger partial charge in [-0.3, -0.25) is 9.59 Å². The van der Waals surface area contributed by atoms with Gasteiger partial charge in [-0.25, -0.2) is 4.39 Å². The molecule has 1 heterocycles. The first-order valence-corrected chi connectivity index (χ1v) is 8.10. The minimum Gasteiger partial charge on any atom is -0.339 e. The monoisotopic (exact) mass is 326 g/mol. The van der Waals surface area contributed by atoms with Gasteiger partial charge in [-0.2, -0.15) is 0 Å². The molecular weight excluding hydrogens is 307 g/mol. The fourth-order valence-corrected chi connectivity index (χ4v) is 2.87. The van der Waals surface area contributed by atoms with Crippen molar-refractivity contribution in [2.75, 3.05) is 18.4 Å². The fourth-order valence-electron chi connectivity index (χ4n) is 2.87. The SMILES string of the molecule is O=C(Nc1ccccc1C(=O)N1CCCCC1)c1cccc(F)c1. The summed E-state index contributed by atoms with van der Waals surface area (Å²) < 4.78 is 13.3. The second kappa shape index (κ2) is 7.25. The van der Waals surface area contributed by atoms with Crippen LogP contribution in [0.15, 0.2) is 48.5 Å². The molecule has 0 saturated carbocycles. The Morgan fingerprint density at radius 3 is 2.46 bits per heavy atom. The Bertz CT molecular complexity index is 755. The van der Waals surface area contributed by atoms with Gasteiger partial charge < -0.3 is 10.2 Å². The standard InChI is InChI=1S/C19H19FN2O2/c20-15-8-6-7-14(13-15)18(23)21-17-10-3-2-9-16(17)19(24)22-11-4-1-5-12-22/h2-3,6-10,13H,1,4-5,11-12H2,(H,21,23). The number of hydrogen-bond acceptors (Lipinski definition) is 2. The van der Waals surface area contributed by atoms with Crippen LogP contribution in [-0.2, 0) is 0 Å². The van der Waals surface area contributed by atoms with Gasteiger partial charge in [-0.15, -0.1) is 0 Å². The number of carbonyl (C=O) groups is 2. The maximum Gasteiger partial charge on any atom is 0.255 e. The number of likely N-dealkylation sites (tertiary alicyclic amines) is 1. The third-order valence-corrected chi connectivity index (χ3v) is 4.14. The van der Waals surface area contributed by atoms with E-state index in [1.165, 1.54) is 24.3 Å². The lowest BCUT2D eigenvalue weighted by Gasteiger charge is -2.27. The van der Waals surface area contributed by atoms with Crippen molar-refractivity contribution >= 4 is 17.5 Å². The molecule has 3 rings (SSSR count). The number of amides is 2. The summed E-state index contributed by atoms with van der Waals surface area (Å²) in [5, 5.41) is 2.72. The molecule has 0 radical (unpaired) electrons. The lowest BCUT2D eigenvalue weighted by atomic mass is 10.1. The largest absolute Gasteiger partial charge is 0.339 e. The second-order valence-electron chi connectivity index (χ2n) is 5.86. The first-order chi connectivity index (χ1) is 11.6. The molecule has 0 aliphatic carbocycles. The number of para-hydroxylation sites is 1. The van der Waals surface area contributed by atoms with Gasteiger partial charge in [0.25, 0.3) is 11.8 Å². The number of nitrogens with zero attached hydrogens (tertiary/aromatic N) is 1. The van der Waals surface area contributed by atoms with E-state index in [2.05, 4.69) is 5.32 Å². The van der Waals surface area contributed by atoms with Gasteiger partial charge in [0, 0.05) is 18.7 Å². The number of hydrogen-bond donors (Lipinski definition) is 1. The normalized spacial score (nSPS) is 14.3. The molecule has 2 amide bonds. The van der Waals surface area contributed by atoms with Crippen molar-refractivity contribution in [3.63, 3.8) is 0 Å². The van der Waals surface area contributed by atoms with Gasteiger partial charge >= 0.3 is 0 Å². The van der Waals surface area contributed by atoms with Gasteiger partial charge in [0.2, 0.25) is 0 Å². The van der Waals surface area contributed by atoms with Crippen LogP contribution in [-0.4, -0.2) is 29.8 Å². The molecule has 1 N–H and O–H groups in total. The summed E-state index contributed by atoms with van der Waals surface area (Å²) in [7, 11) is 0. The van der Waals surface area contributed by atoms with E-state index in [0.29, 0.717) is 11.3 Å². The molecule has 2 aromatic carbocycles. The Balaban J connectivity index is 1.81. The maximum atomic E-state index is 13.3. The van der Waals surface area contributed by atoms with Crippen molar-refractivity contribution in [3.8, 4) is 0 Å². The number of anilines is 1. The summed E-state index contributed by atoms with van der Waals surface area (Å²) in [5.74, 6) is -0.987. The fraction of sp³-hybridized carbons (Fsp3) is 0.263. The van der Waals surface area contributed by atoms with Crippen LogP contribution in [0.25, 0.3) is 0 Å². The first-order valence-electron chi connectivity index (χ1n) is 8.10. The quantitative estimate of drug-likeness (QED) is 0.935. The summed E-state index contributed by atoms with van der Waals surface area (Å²) in [6.07, 6.45) is 3.15. The van der Waals surface area contributed by atoms with Crippen molar-refractivity contribution in [2.45, 2.75) is 19.3 Å². The third kappa shape index (κ3) is 3.62. The molecule has 0 aromatic heterocycles. The lowest BCUT2D eigenvalue weighted by molar-refractivity contribution is 0.0725. The Hall–Kier alpha value is -2.69. The van der Waals surface area contributed by atoms with Crippen LogP contribution < -0.4 is 5.32 Å². The van der Waals surface area contributed by atoms with Crippen molar-refractivity contribution in [1.82, 2.24) is 4.90 Å². The van der Waals surface area contributed by atoms with Gasteiger partial charge in [0.05, 0.1) is 11.3 Å². The average Bonchev–Trinajstić information content (AvgIpc) is 2.62. The molecule has 0 bridgehead atoms. The molecule has 0 atom stereocenters. The molecular formula is C19H19FN2O2. The molecule has 1 saturated heterocycles. The number of halogens is 1. The van der Waals surface area contributed by atoms with Crippen LogP contribution in [0.1, 0.15) is 40.0 Å². The van der Waals surface area contributed by atoms with Crippen LogP contribution in [0.2, 0.25) is 0 Å². The van der Waals surface area contributed by atoms with Gasteiger partial charge in [0.15, 0.2) is 0 Å². The average molecular weight is 326 g/mol. The zero-order chi connectivity index (χ0) is 16.9. The molecule has 5 heteroatoms. The Labute approximate surface area is 140 Å². The number of carbonyl (C=O) groups excluding carboxylic acids is 2. The summed E-state index contributed by atoms with van der Waals surface area (Å²) in [6, 6.07) is 12.4. The van der Waals surface area contributed by atoms with Crippen LogP contribution in [0.3, 0.4) is 0 Å². The highest BCUT2D eigenvalue weighted by atomic mass is 19.1. The Morgan fingerprint density at radius 1 is 0.958 bits per heavy atom. The number of nitrogens with one attached hydrogen (secondary N) is 1. The first kappa shape index (κ1) is 16.2. The predicted octanol–water partition coefficient (Wildman–Crippen LogP) is 3.70. The van der Waals surface area contributed by atoms with E-state index in [0.717, 1.165) is 32.4 Å². The van der Waals surface area contributed by atoms with E-state index in [1.54, 1.807) is 24.3 Å². The maximum absolute atomic E-state index is 13.3.